The molecule has 0 aromatic rings. The summed E-state index contributed by atoms with van der Waals surface area (Å²) in [4.78, 5) is 0. The molecule has 3 aliphatic carbocycles. The third-order valence-corrected chi connectivity index (χ3v) is 5.62. The summed E-state index contributed by atoms with van der Waals surface area (Å²) in [5.41, 5.74) is -1.05. The van der Waals surface area contributed by atoms with Crippen LogP contribution in [-0.4, -0.2) is 10.7 Å². The van der Waals surface area contributed by atoms with Gasteiger partial charge in [-0.25, -0.2) is 0 Å². The Morgan fingerprint density at radius 2 is 2.06 bits per heavy atom. The van der Waals surface area contributed by atoms with Crippen LogP contribution in [0.15, 0.2) is 0 Å². The molecule has 3 aliphatic rings. The van der Waals surface area contributed by atoms with Crippen LogP contribution < -0.4 is 0 Å². The van der Waals surface area contributed by atoms with Crippen molar-refractivity contribution in [2.45, 2.75) is 57.5 Å². The second kappa shape index (κ2) is 3.23. The number of rotatable bonds is 1. The van der Waals surface area contributed by atoms with Gasteiger partial charge in [-0.1, -0.05) is 6.92 Å². The molecule has 2 nitrogen and oxygen atoms in total. The lowest BCUT2D eigenvalue weighted by Gasteiger charge is -2.43. The Kier molecular flexibility index (Phi) is 2.14. The maximum absolute atomic E-state index is 11.0. The van der Waals surface area contributed by atoms with Gasteiger partial charge in [0.05, 0.1) is 17.1 Å². The summed E-state index contributed by atoms with van der Waals surface area (Å²) >= 11 is 0. The number of fused-ring (bicyclic) bond motifs is 2. The van der Waals surface area contributed by atoms with Gasteiger partial charge in [-0.3, -0.25) is 0 Å². The Morgan fingerprint density at radius 1 is 1.25 bits per heavy atom. The van der Waals surface area contributed by atoms with Gasteiger partial charge in [-0.2, -0.15) is 5.26 Å². The molecule has 3 saturated carbocycles. The summed E-state index contributed by atoms with van der Waals surface area (Å²) in [6, 6.07) is 2.53. The van der Waals surface area contributed by atoms with Crippen LogP contribution in [0.5, 0.6) is 0 Å². The van der Waals surface area contributed by atoms with Gasteiger partial charge in [0.1, 0.15) is 0 Å². The molecule has 5 atom stereocenters. The topological polar surface area (TPSA) is 44.0 Å². The molecular weight excluding hydrogens is 198 g/mol. The van der Waals surface area contributed by atoms with Crippen molar-refractivity contribution >= 4 is 0 Å². The van der Waals surface area contributed by atoms with Crippen LogP contribution in [0.3, 0.4) is 0 Å². The molecule has 88 valence electrons. The van der Waals surface area contributed by atoms with E-state index in [4.69, 9.17) is 0 Å². The van der Waals surface area contributed by atoms with Crippen molar-refractivity contribution in [1.82, 2.24) is 0 Å². The molecule has 3 fully saturated rings. The molecule has 0 amide bonds. The molecule has 0 radical (unpaired) electrons. The average molecular weight is 219 g/mol. The zero-order chi connectivity index (χ0) is 11.4. The highest BCUT2D eigenvalue weighted by atomic mass is 16.3. The van der Waals surface area contributed by atoms with Crippen molar-refractivity contribution in [3.05, 3.63) is 0 Å². The van der Waals surface area contributed by atoms with E-state index >= 15 is 0 Å². The molecule has 0 heterocycles. The van der Waals surface area contributed by atoms with E-state index in [1.807, 2.05) is 0 Å². The van der Waals surface area contributed by atoms with Crippen molar-refractivity contribution in [1.29, 1.82) is 5.26 Å². The van der Waals surface area contributed by atoms with Crippen LogP contribution in [0, 0.1) is 34.5 Å². The lowest BCUT2D eigenvalue weighted by Crippen LogP contribution is -2.50. The Morgan fingerprint density at radius 3 is 2.50 bits per heavy atom. The molecule has 1 N–H and O–H groups in total. The second-order valence-electron chi connectivity index (χ2n) is 6.55. The van der Waals surface area contributed by atoms with Crippen molar-refractivity contribution in [2.24, 2.45) is 23.2 Å². The number of nitrogens with zero attached hydrogens (tertiary/aromatic N) is 1. The molecule has 0 aromatic heterocycles. The van der Waals surface area contributed by atoms with Gasteiger partial charge in [0.25, 0.3) is 0 Å². The molecule has 5 unspecified atom stereocenters. The second-order valence-corrected chi connectivity index (χ2v) is 6.55. The number of aliphatic hydroxyl groups is 1. The fraction of sp³-hybridized carbons (Fsp3) is 0.929. The van der Waals surface area contributed by atoms with Crippen LogP contribution >= 0.6 is 0 Å². The van der Waals surface area contributed by atoms with E-state index in [9.17, 15) is 10.4 Å². The zero-order valence-corrected chi connectivity index (χ0v) is 10.1. The van der Waals surface area contributed by atoms with Gasteiger partial charge in [-0.15, -0.1) is 0 Å². The third kappa shape index (κ3) is 1.16. The Balaban J connectivity index is 1.94. The molecule has 0 aromatic carbocycles. The first kappa shape index (κ1) is 10.6. The summed E-state index contributed by atoms with van der Waals surface area (Å²) in [6.07, 6.45) is 7.47. The first-order valence-corrected chi connectivity index (χ1v) is 6.73. The Labute approximate surface area is 97.7 Å². The van der Waals surface area contributed by atoms with Crippen molar-refractivity contribution in [3.8, 4) is 6.07 Å². The molecule has 0 saturated heterocycles. The van der Waals surface area contributed by atoms with Gasteiger partial charge in [0.2, 0.25) is 0 Å². The number of hydrogen-bond acceptors (Lipinski definition) is 2. The summed E-state index contributed by atoms with van der Waals surface area (Å²) in [7, 11) is 0. The van der Waals surface area contributed by atoms with E-state index < -0.39 is 11.0 Å². The lowest BCUT2D eigenvalue weighted by atomic mass is 9.63. The fourth-order valence-corrected chi connectivity index (χ4v) is 4.77. The minimum atomic E-state index is -0.643. The highest BCUT2D eigenvalue weighted by Crippen LogP contribution is 2.62. The van der Waals surface area contributed by atoms with Gasteiger partial charge in [0.15, 0.2) is 0 Å². The summed E-state index contributed by atoms with van der Waals surface area (Å²) in [5.74, 6) is 1.74. The van der Waals surface area contributed by atoms with E-state index in [2.05, 4.69) is 13.0 Å². The highest BCUT2D eigenvalue weighted by Gasteiger charge is 2.62. The first-order chi connectivity index (χ1) is 7.60. The molecule has 2 bridgehead atoms. The van der Waals surface area contributed by atoms with E-state index in [0.29, 0.717) is 17.8 Å². The predicted octanol–water partition coefficient (Wildman–Crippen LogP) is 2.87. The highest BCUT2D eigenvalue weighted by molar-refractivity contribution is 5.20. The Hall–Kier alpha value is -0.550. The first-order valence-electron chi connectivity index (χ1n) is 6.73. The van der Waals surface area contributed by atoms with E-state index in [1.165, 1.54) is 12.8 Å². The summed E-state index contributed by atoms with van der Waals surface area (Å²) in [5, 5.41) is 20.6. The van der Waals surface area contributed by atoms with Gasteiger partial charge < -0.3 is 5.11 Å². The maximum Gasteiger partial charge on any atom is 0.0865 e. The summed E-state index contributed by atoms with van der Waals surface area (Å²) in [6.45, 7) is 2.22. The maximum atomic E-state index is 11.0. The Bertz CT molecular complexity index is 347. The van der Waals surface area contributed by atoms with Crippen LogP contribution in [0.25, 0.3) is 0 Å². The largest absolute Gasteiger partial charge is 0.388 e. The molecular formula is C14H21NO. The minimum absolute atomic E-state index is 0.410. The van der Waals surface area contributed by atoms with Crippen molar-refractivity contribution < 1.29 is 5.11 Å². The van der Waals surface area contributed by atoms with Gasteiger partial charge in [-0.05, 0) is 62.7 Å². The lowest BCUT2D eigenvalue weighted by molar-refractivity contribution is -0.0961. The quantitative estimate of drug-likeness (QED) is 0.737. The zero-order valence-electron chi connectivity index (χ0n) is 10.1. The van der Waals surface area contributed by atoms with Gasteiger partial charge >= 0.3 is 0 Å². The van der Waals surface area contributed by atoms with Crippen molar-refractivity contribution in [3.63, 3.8) is 0 Å². The number of nitriles is 1. The van der Waals surface area contributed by atoms with Crippen LogP contribution in [0.2, 0.25) is 0 Å². The van der Waals surface area contributed by atoms with E-state index in [1.54, 1.807) is 0 Å². The molecule has 0 spiro atoms. The molecule has 2 heteroatoms. The minimum Gasteiger partial charge on any atom is -0.388 e. The molecule has 16 heavy (non-hydrogen) atoms. The van der Waals surface area contributed by atoms with E-state index in [-0.39, 0.29) is 0 Å². The van der Waals surface area contributed by atoms with Crippen molar-refractivity contribution in [2.75, 3.05) is 0 Å². The molecule has 3 rings (SSSR count). The smallest absolute Gasteiger partial charge is 0.0865 e. The normalized spacial score (nSPS) is 55.4. The fourth-order valence-electron chi connectivity index (χ4n) is 4.77. The predicted molar refractivity (Wildman–Crippen MR) is 61.5 cm³/mol. The van der Waals surface area contributed by atoms with Crippen LogP contribution in [-0.2, 0) is 0 Å². The monoisotopic (exact) mass is 219 g/mol. The summed E-state index contributed by atoms with van der Waals surface area (Å²) < 4.78 is 0. The molecule has 0 aliphatic heterocycles. The average Bonchev–Trinajstić information content (AvgIpc) is 2.92. The van der Waals surface area contributed by atoms with Crippen LogP contribution in [0.4, 0.5) is 0 Å². The van der Waals surface area contributed by atoms with Crippen LogP contribution in [0.1, 0.15) is 51.9 Å². The third-order valence-electron chi connectivity index (χ3n) is 5.62. The number of hydrogen-bond donors (Lipinski definition) is 1. The SMILES string of the molecule is CC1CCC(C#N)(C2(O)CC3CCC2C3)C1. The standard InChI is InChI=1S/C14H21NO/c1-10-4-5-13(7-10,9-15)14(16)8-11-2-3-12(14)6-11/h10-12,16H,2-8H2,1H3. The van der Waals surface area contributed by atoms with E-state index in [0.717, 1.165) is 32.1 Å². The van der Waals surface area contributed by atoms with Gasteiger partial charge in [0, 0.05) is 0 Å².